The van der Waals surface area contributed by atoms with E-state index < -0.39 is 34.7 Å². The van der Waals surface area contributed by atoms with Crippen LogP contribution in [0.5, 0.6) is 69.0 Å². The molecule has 0 aliphatic heterocycles. The van der Waals surface area contributed by atoms with E-state index in [1.807, 2.05) is 107 Å². The zero-order valence-corrected chi connectivity index (χ0v) is 48.6. The zero-order valence-electron chi connectivity index (χ0n) is 48.6. The summed E-state index contributed by atoms with van der Waals surface area (Å²) in [7, 11) is 0. The van der Waals surface area contributed by atoms with Crippen molar-refractivity contribution in [3.63, 3.8) is 0 Å². The molecule has 0 saturated carbocycles. The first kappa shape index (κ1) is 64.4. The highest BCUT2D eigenvalue weighted by molar-refractivity contribution is 5.91. The van der Waals surface area contributed by atoms with Gasteiger partial charge in [-0.3, -0.25) is 0 Å². The Bertz CT molecular complexity index is 2460. The van der Waals surface area contributed by atoms with E-state index in [0.29, 0.717) is 98.9 Å². The molecule has 4 aromatic carbocycles. The largest absolute Gasteiger partial charge is 0.490 e. The Morgan fingerprint density at radius 2 is 0.462 bits per heavy atom. The molecule has 0 aliphatic rings. The number of rotatable bonds is 28. The number of benzene rings is 4. The fourth-order valence-electron chi connectivity index (χ4n) is 7.78. The lowest BCUT2D eigenvalue weighted by Gasteiger charge is -2.32. The number of esters is 4. The van der Waals surface area contributed by atoms with Crippen LogP contribution >= 0.6 is 0 Å². The molecule has 0 amide bonds. The molecule has 0 aliphatic carbocycles. The Morgan fingerprint density at radius 1 is 0.308 bits per heavy atom. The Hall–Kier alpha value is -7.88. The normalized spacial score (nSPS) is 10.9. The summed E-state index contributed by atoms with van der Waals surface area (Å²) in [4.78, 5) is 49.3. The Balaban J connectivity index is 0.000000410. The minimum Gasteiger partial charge on any atom is -0.490 e. The van der Waals surface area contributed by atoms with E-state index in [0.717, 1.165) is 22.3 Å². The van der Waals surface area contributed by atoms with Crippen LogP contribution in [-0.2, 0) is 30.0 Å². The number of hydrogen-bond donors (Lipinski definition) is 0. The fraction of sp³-hybridized carbons (Fsp3) is 0.419. The summed E-state index contributed by atoms with van der Waals surface area (Å²) in [6, 6.07) is 14.0. The lowest BCUT2D eigenvalue weighted by atomic mass is 9.76. The molecular weight excluding hydrogens is 1000 g/mol. The van der Waals surface area contributed by atoms with Gasteiger partial charge in [0.2, 0.25) is 23.0 Å². The van der Waals surface area contributed by atoms with Crippen molar-refractivity contribution in [2.75, 3.05) is 52.9 Å². The third-order valence-corrected chi connectivity index (χ3v) is 11.5. The van der Waals surface area contributed by atoms with Crippen molar-refractivity contribution in [1.82, 2.24) is 0 Å². The quantitative estimate of drug-likeness (QED) is 0.0297. The monoisotopic (exact) mass is 1080 g/mol. The molecule has 0 atom stereocenters. The Kier molecular flexibility index (Phi) is 24.4. The van der Waals surface area contributed by atoms with Gasteiger partial charge in [-0.2, -0.15) is 0 Å². The van der Waals surface area contributed by atoms with Crippen molar-refractivity contribution >= 4 is 23.9 Å². The number of ether oxygens (including phenoxy) is 12. The molecule has 0 N–H and O–H groups in total. The van der Waals surface area contributed by atoms with Crippen LogP contribution in [0, 0.1) is 0 Å². The molecule has 424 valence electrons. The van der Waals surface area contributed by atoms with Crippen LogP contribution in [0.2, 0.25) is 0 Å². The Morgan fingerprint density at radius 3 is 0.603 bits per heavy atom. The number of carbonyl (C=O) groups excluding carboxylic acids is 4. The molecule has 0 unspecified atom stereocenters. The first-order chi connectivity index (χ1) is 36.9. The molecule has 0 aromatic heterocycles. The summed E-state index contributed by atoms with van der Waals surface area (Å²) in [5.41, 5.74) is 2.62. The second kappa shape index (κ2) is 29.6. The fourth-order valence-corrected chi connectivity index (χ4v) is 7.78. The standard InChI is InChI=1S/2C31H40O8/c2*1-11-34-25-21(15-17-23(27(25)36-13-3)38-29(32)19(5)6)31(9,10)22-16-18-24(39-30(33)20(7)8)28(37-14-4)26(22)35-12-2/h2*15-18H,5,7,11-14H2,1-4,6,8-10H3. The molecule has 4 aromatic rings. The van der Waals surface area contributed by atoms with Crippen molar-refractivity contribution in [3.05, 3.63) is 119 Å². The second-order valence-electron chi connectivity index (χ2n) is 18.5. The van der Waals surface area contributed by atoms with Gasteiger partial charge in [0.1, 0.15) is 0 Å². The van der Waals surface area contributed by atoms with Crippen molar-refractivity contribution in [1.29, 1.82) is 0 Å². The summed E-state index contributed by atoms with van der Waals surface area (Å²) in [6.45, 7) is 46.4. The number of hydrogen-bond acceptors (Lipinski definition) is 16. The summed E-state index contributed by atoms with van der Waals surface area (Å²) < 4.78 is 70.4. The first-order valence-corrected chi connectivity index (χ1v) is 26.1. The van der Waals surface area contributed by atoms with Gasteiger partial charge in [0.15, 0.2) is 46.0 Å². The third kappa shape index (κ3) is 15.6. The topological polar surface area (TPSA) is 179 Å². The summed E-state index contributed by atoms with van der Waals surface area (Å²) in [5.74, 6) is 1.68. The van der Waals surface area contributed by atoms with Gasteiger partial charge in [-0.1, -0.05) is 78.3 Å². The van der Waals surface area contributed by atoms with Crippen LogP contribution in [0.1, 0.15) is 133 Å². The Labute approximate surface area is 461 Å². The van der Waals surface area contributed by atoms with Crippen LogP contribution < -0.4 is 56.8 Å². The van der Waals surface area contributed by atoms with Crippen LogP contribution in [0.25, 0.3) is 0 Å². The van der Waals surface area contributed by atoms with E-state index in [4.69, 9.17) is 56.8 Å². The molecule has 0 saturated heterocycles. The third-order valence-electron chi connectivity index (χ3n) is 11.5. The van der Waals surface area contributed by atoms with E-state index in [1.54, 1.807) is 52.0 Å². The van der Waals surface area contributed by atoms with Gasteiger partial charge in [-0.25, -0.2) is 19.2 Å². The minimum absolute atomic E-state index is 0.231. The zero-order chi connectivity index (χ0) is 58.7. The van der Waals surface area contributed by atoms with Crippen molar-refractivity contribution in [2.24, 2.45) is 0 Å². The van der Waals surface area contributed by atoms with Crippen LogP contribution in [0.4, 0.5) is 0 Å². The number of carbonyl (C=O) groups is 4. The molecule has 4 rings (SSSR count). The maximum Gasteiger partial charge on any atom is 0.338 e. The van der Waals surface area contributed by atoms with Gasteiger partial charge < -0.3 is 56.8 Å². The highest BCUT2D eigenvalue weighted by Crippen LogP contribution is 2.54. The van der Waals surface area contributed by atoms with Crippen molar-refractivity contribution in [2.45, 2.75) is 122 Å². The van der Waals surface area contributed by atoms with Gasteiger partial charge in [-0.15, -0.1) is 0 Å². The summed E-state index contributed by atoms with van der Waals surface area (Å²) >= 11 is 0. The van der Waals surface area contributed by atoms with E-state index in [2.05, 4.69) is 26.3 Å². The van der Waals surface area contributed by atoms with Crippen LogP contribution in [-0.4, -0.2) is 76.7 Å². The first-order valence-electron chi connectivity index (χ1n) is 26.1. The maximum atomic E-state index is 12.3. The SMILES string of the molecule is C=C(C)C(=O)Oc1ccc(C(C)(C)c2ccc(OC(=O)C(=C)C)c(OCC)c2OCC)c(OCC)c1OCC.C=C(C)C(=O)Oc1ccc(C(C)(C)c2ccc(OC(=O)C(=C)C)c(OCC)c2OCC)c(OCC)c1OCC. The molecule has 78 heavy (non-hydrogen) atoms. The smallest absolute Gasteiger partial charge is 0.338 e. The highest BCUT2D eigenvalue weighted by Gasteiger charge is 2.38. The molecular formula is C62H80O16. The molecule has 0 spiro atoms. The molecule has 0 fully saturated rings. The van der Waals surface area contributed by atoms with Gasteiger partial charge in [0.25, 0.3) is 0 Å². The molecule has 0 heterocycles. The van der Waals surface area contributed by atoms with Gasteiger partial charge in [0.05, 0.1) is 52.9 Å². The van der Waals surface area contributed by atoms with E-state index in [-0.39, 0.29) is 45.3 Å². The van der Waals surface area contributed by atoms with E-state index in [1.165, 1.54) is 0 Å². The lowest BCUT2D eigenvalue weighted by Crippen LogP contribution is -2.23. The van der Waals surface area contributed by atoms with E-state index >= 15 is 0 Å². The summed E-state index contributed by atoms with van der Waals surface area (Å²) in [6.07, 6.45) is 0. The molecule has 0 bridgehead atoms. The molecule has 16 heteroatoms. The summed E-state index contributed by atoms with van der Waals surface area (Å²) in [5, 5.41) is 0. The van der Waals surface area contributed by atoms with Gasteiger partial charge in [-0.05, 0) is 107 Å². The van der Waals surface area contributed by atoms with Crippen LogP contribution in [0.15, 0.2) is 97.1 Å². The highest BCUT2D eigenvalue weighted by atomic mass is 16.6. The van der Waals surface area contributed by atoms with Gasteiger partial charge in [0, 0.05) is 55.4 Å². The average Bonchev–Trinajstić information content (AvgIpc) is 3.38. The molecule has 16 nitrogen and oxygen atoms in total. The minimum atomic E-state index is -0.736. The lowest BCUT2D eigenvalue weighted by molar-refractivity contribution is -0.131. The van der Waals surface area contributed by atoms with E-state index in [9.17, 15) is 19.2 Å². The predicted octanol–water partition coefficient (Wildman–Crippen LogP) is 13.1. The average molecular weight is 1080 g/mol. The van der Waals surface area contributed by atoms with Crippen molar-refractivity contribution in [3.8, 4) is 69.0 Å². The van der Waals surface area contributed by atoms with Gasteiger partial charge >= 0.3 is 23.9 Å². The molecule has 0 radical (unpaired) electrons. The van der Waals surface area contributed by atoms with Crippen LogP contribution in [0.3, 0.4) is 0 Å². The maximum absolute atomic E-state index is 12.3. The predicted molar refractivity (Wildman–Crippen MR) is 301 cm³/mol. The van der Waals surface area contributed by atoms with Crippen molar-refractivity contribution < 1.29 is 76.0 Å². The second-order valence-corrected chi connectivity index (χ2v) is 18.5.